The van der Waals surface area contributed by atoms with Crippen LogP contribution in [0.25, 0.3) is 0 Å². The first-order valence-electron chi connectivity index (χ1n) is 5.34. The van der Waals surface area contributed by atoms with E-state index < -0.39 is 0 Å². The number of phenolic OH excluding ortho intramolecular Hbond substituents is 1. The van der Waals surface area contributed by atoms with Crippen LogP contribution < -0.4 is 5.32 Å². The topological polar surface area (TPSA) is 49.3 Å². The molecular weight excluding hydrogens is 270 g/mol. The van der Waals surface area contributed by atoms with Gasteiger partial charge in [-0.15, -0.1) is 11.3 Å². The number of thiophene rings is 1. The number of phenols is 1. The van der Waals surface area contributed by atoms with E-state index in [1.807, 2.05) is 19.9 Å². The molecule has 0 fully saturated rings. The first kappa shape index (κ1) is 12.9. The zero-order chi connectivity index (χ0) is 13.3. The molecule has 0 saturated carbocycles. The summed E-state index contributed by atoms with van der Waals surface area (Å²) in [4.78, 5) is 13.8. The van der Waals surface area contributed by atoms with Crippen LogP contribution in [-0.4, -0.2) is 11.0 Å². The molecule has 1 heterocycles. The third-order valence-electron chi connectivity index (χ3n) is 2.59. The minimum atomic E-state index is -0.191. The summed E-state index contributed by atoms with van der Waals surface area (Å²) in [7, 11) is 0. The van der Waals surface area contributed by atoms with E-state index in [-0.39, 0.29) is 11.7 Å². The average Bonchev–Trinajstić information content (AvgIpc) is 2.63. The van der Waals surface area contributed by atoms with Gasteiger partial charge in [-0.25, -0.2) is 0 Å². The molecular formula is C13H12ClNO2S. The molecule has 1 aromatic carbocycles. The first-order chi connectivity index (χ1) is 8.47. The van der Waals surface area contributed by atoms with Crippen LogP contribution in [-0.2, 0) is 0 Å². The van der Waals surface area contributed by atoms with Crippen LogP contribution >= 0.6 is 22.9 Å². The number of amides is 1. The van der Waals surface area contributed by atoms with Gasteiger partial charge in [0.2, 0.25) is 0 Å². The fraction of sp³-hybridized carbons (Fsp3) is 0.154. The Hall–Kier alpha value is -1.52. The van der Waals surface area contributed by atoms with Gasteiger partial charge in [0.25, 0.3) is 5.91 Å². The van der Waals surface area contributed by atoms with Crippen molar-refractivity contribution >= 4 is 34.5 Å². The second kappa shape index (κ2) is 5.00. The maximum absolute atomic E-state index is 12.0. The Kier molecular flexibility index (Phi) is 3.59. The van der Waals surface area contributed by atoms with Gasteiger partial charge in [-0.3, -0.25) is 4.79 Å². The van der Waals surface area contributed by atoms with Crippen LogP contribution in [0, 0.1) is 13.8 Å². The quantitative estimate of drug-likeness (QED) is 0.818. The maximum Gasteiger partial charge on any atom is 0.265 e. The zero-order valence-electron chi connectivity index (χ0n) is 9.95. The summed E-state index contributed by atoms with van der Waals surface area (Å²) >= 11 is 7.37. The summed E-state index contributed by atoms with van der Waals surface area (Å²) in [6.45, 7) is 3.94. The van der Waals surface area contributed by atoms with Gasteiger partial charge in [-0.2, -0.15) is 0 Å². The summed E-state index contributed by atoms with van der Waals surface area (Å²) in [6.07, 6.45) is 0. The number of nitrogens with one attached hydrogen (secondary N) is 1. The molecule has 0 unspecified atom stereocenters. The molecule has 1 aromatic heterocycles. The summed E-state index contributed by atoms with van der Waals surface area (Å²) in [5.41, 5.74) is 1.59. The Morgan fingerprint density at radius 2 is 2.06 bits per heavy atom. The maximum atomic E-state index is 12.0. The number of aryl methyl sites for hydroxylation is 2. The number of benzene rings is 1. The van der Waals surface area contributed by atoms with E-state index in [4.69, 9.17) is 11.6 Å². The van der Waals surface area contributed by atoms with Crippen LogP contribution in [0.3, 0.4) is 0 Å². The highest BCUT2D eigenvalue weighted by molar-refractivity contribution is 7.14. The lowest BCUT2D eigenvalue weighted by Crippen LogP contribution is -2.10. The van der Waals surface area contributed by atoms with E-state index in [9.17, 15) is 9.90 Å². The van der Waals surface area contributed by atoms with Crippen LogP contribution in [0.1, 0.15) is 20.1 Å². The molecule has 0 aliphatic rings. The molecule has 2 rings (SSSR count). The third-order valence-corrected chi connectivity index (χ3v) is 4.05. The van der Waals surface area contributed by atoms with Gasteiger partial charge in [-0.1, -0.05) is 11.6 Å². The molecule has 0 spiro atoms. The van der Waals surface area contributed by atoms with Crippen LogP contribution in [0.4, 0.5) is 5.69 Å². The van der Waals surface area contributed by atoms with Gasteiger partial charge in [0.05, 0.1) is 15.6 Å². The number of carbonyl (C=O) groups excluding carboxylic acids is 1. The first-order valence-corrected chi connectivity index (χ1v) is 6.53. The minimum Gasteiger partial charge on any atom is -0.508 e. The molecule has 0 saturated heterocycles. The molecule has 0 aliphatic heterocycles. The number of aromatic hydroxyl groups is 1. The minimum absolute atomic E-state index is 0.0702. The standard InChI is InChI=1S/C13H12ClNO2S/c1-7-5-12(18-8(7)2)13(17)15-11-4-3-9(16)6-10(11)14/h3-6,16H,1-2H3,(H,15,17). The highest BCUT2D eigenvalue weighted by Gasteiger charge is 2.12. The molecule has 18 heavy (non-hydrogen) atoms. The van der Waals surface area contributed by atoms with E-state index in [2.05, 4.69) is 5.32 Å². The SMILES string of the molecule is Cc1cc(C(=O)Nc2ccc(O)cc2Cl)sc1C. The van der Waals surface area contributed by atoms with Gasteiger partial charge in [0, 0.05) is 10.9 Å². The fourth-order valence-corrected chi connectivity index (χ4v) is 2.63. The van der Waals surface area contributed by atoms with Crippen molar-refractivity contribution in [2.75, 3.05) is 5.32 Å². The number of rotatable bonds is 2. The largest absolute Gasteiger partial charge is 0.508 e. The van der Waals surface area contributed by atoms with E-state index in [0.717, 1.165) is 10.4 Å². The Bertz CT molecular complexity index is 588. The third kappa shape index (κ3) is 2.66. The molecule has 0 atom stereocenters. The highest BCUT2D eigenvalue weighted by atomic mass is 35.5. The Morgan fingerprint density at radius 1 is 1.33 bits per heavy atom. The van der Waals surface area contributed by atoms with Gasteiger partial charge in [0.15, 0.2) is 0 Å². The van der Waals surface area contributed by atoms with Gasteiger partial charge in [-0.05, 0) is 37.6 Å². The van der Waals surface area contributed by atoms with Crippen molar-refractivity contribution in [2.45, 2.75) is 13.8 Å². The Labute approximate surface area is 114 Å². The average molecular weight is 282 g/mol. The van der Waals surface area contributed by atoms with Crippen molar-refractivity contribution in [2.24, 2.45) is 0 Å². The number of halogens is 1. The second-order valence-corrected chi connectivity index (χ2v) is 5.63. The summed E-state index contributed by atoms with van der Waals surface area (Å²) in [5.74, 6) is -0.121. The molecule has 94 valence electrons. The van der Waals surface area contributed by atoms with E-state index >= 15 is 0 Å². The normalized spacial score (nSPS) is 10.4. The second-order valence-electron chi connectivity index (χ2n) is 3.97. The predicted octanol–water partition coefficient (Wildman–Crippen LogP) is 3.98. The number of hydrogen-bond donors (Lipinski definition) is 2. The number of carbonyl (C=O) groups is 1. The van der Waals surface area contributed by atoms with Crippen LogP contribution in [0.15, 0.2) is 24.3 Å². The van der Waals surface area contributed by atoms with E-state index in [1.54, 1.807) is 6.07 Å². The highest BCUT2D eigenvalue weighted by Crippen LogP contribution is 2.27. The fourth-order valence-electron chi connectivity index (χ4n) is 1.47. The molecule has 3 nitrogen and oxygen atoms in total. The Balaban J connectivity index is 2.21. The van der Waals surface area contributed by atoms with Crippen LogP contribution in [0.2, 0.25) is 5.02 Å². The van der Waals surface area contributed by atoms with Crippen molar-refractivity contribution in [3.8, 4) is 5.75 Å². The van der Waals surface area contributed by atoms with Crippen molar-refractivity contribution in [3.63, 3.8) is 0 Å². The van der Waals surface area contributed by atoms with E-state index in [0.29, 0.717) is 15.6 Å². The van der Waals surface area contributed by atoms with Gasteiger partial charge < -0.3 is 10.4 Å². The van der Waals surface area contributed by atoms with Crippen molar-refractivity contribution in [1.29, 1.82) is 0 Å². The number of hydrogen-bond acceptors (Lipinski definition) is 3. The van der Waals surface area contributed by atoms with Gasteiger partial charge in [0.1, 0.15) is 5.75 Å². The molecule has 0 bridgehead atoms. The smallest absolute Gasteiger partial charge is 0.265 e. The molecule has 2 aromatic rings. The Morgan fingerprint density at radius 3 is 2.61 bits per heavy atom. The summed E-state index contributed by atoms with van der Waals surface area (Å²) in [6, 6.07) is 6.29. The molecule has 0 aliphatic carbocycles. The molecule has 0 radical (unpaired) electrons. The van der Waals surface area contributed by atoms with Crippen molar-refractivity contribution in [1.82, 2.24) is 0 Å². The number of anilines is 1. The molecule has 2 N–H and O–H groups in total. The lowest BCUT2D eigenvalue weighted by Gasteiger charge is -2.06. The molecule has 1 amide bonds. The van der Waals surface area contributed by atoms with Gasteiger partial charge >= 0.3 is 0 Å². The van der Waals surface area contributed by atoms with Crippen molar-refractivity contribution in [3.05, 3.63) is 44.6 Å². The van der Waals surface area contributed by atoms with E-state index in [1.165, 1.54) is 23.5 Å². The monoisotopic (exact) mass is 281 g/mol. The lowest BCUT2D eigenvalue weighted by molar-refractivity contribution is 0.103. The summed E-state index contributed by atoms with van der Waals surface area (Å²) < 4.78 is 0. The van der Waals surface area contributed by atoms with Crippen LogP contribution in [0.5, 0.6) is 5.75 Å². The van der Waals surface area contributed by atoms with Crippen molar-refractivity contribution < 1.29 is 9.90 Å². The zero-order valence-corrected chi connectivity index (χ0v) is 11.5. The molecule has 5 heteroatoms. The lowest BCUT2D eigenvalue weighted by atomic mass is 10.2. The predicted molar refractivity (Wildman–Crippen MR) is 74.9 cm³/mol. The summed E-state index contributed by atoms with van der Waals surface area (Å²) in [5, 5.41) is 12.3.